The van der Waals surface area contributed by atoms with Gasteiger partial charge in [0.1, 0.15) is 5.82 Å². The predicted molar refractivity (Wildman–Crippen MR) is 65.4 cm³/mol. The molecule has 0 atom stereocenters. The lowest BCUT2D eigenvalue weighted by molar-refractivity contribution is -0.128. The van der Waals surface area contributed by atoms with E-state index in [2.05, 4.69) is 5.32 Å². The van der Waals surface area contributed by atoms with Crippen LogP contribution in [0.25, 0.3) is 0 Å². The average molecular weight is 236 g/mol. The molecule has 1 amide bonds. The van der Waals surface area contributed by atoms with Crippen LogP contribution in [-0.2, 0) is 4.79 Å². The van der Waals surface area contributed by atoms with Gasteiger partial charge >= 0.3 is 0 Å². The molecule has 4 heteroatoms. The van der Waals surface area contributed by atoms with Crippen molar-refractivity contribution in [2.45, 2.75) is 25.8 Å². The monoisotopic (exact) mass is 236 g/mol. The van der Waals surface area contributed by atoms with Crippen LogP contribution in [0.4, 0.5) is 10.1 Å². The zero-order valence-electron chi connectivity index (χ0n) is 10.2. The van der Waals surface area contributed by atoms with Crippen molar-refractivity contribution in [2.75, 3.05) is 18.9 Å². The average Bonchev–Trinajstić information content (AvgIpc) is 3.10. The largest absolute Gasteiger partial charge is 0.374 e. The molecule has 0 aliphatic heterocycles. The van der Waals surface area contributed by atoms with Gasteiger partial charge in [0.15, 0.2) is 0 Å². The summed E-state index contributed by atoms with van der Waals surface area (Å²) < 4.78 is 13.5. The van der Waals surface area contributed by atoms with Crippen molar-refractivity contribution >= 4 is 11.6 Å². The summed E-state index contributed by atoms with van der Waals surface area (Å²) in [5.74, 6) is -0.306. The van der Waals surface area contributed by atoms with Crippen LogP contribution >= 0.6 is 0 Å². The molecular weight excluding hydrogens is 219 g/mol. The highest BCUT2D eigenvalue weighted by Gasteiger charge is 2.29. The van der Waals surface area contributed by atoms with Crippen molar-refractivity contribution in [2.24, 2.45) is 0 Å². The van der Waals surface area contributed by atoms with Gasteiger partial charge in [-0.15, -0.1) is 0 Å². The van der Waals surface area contributed by atoms with Crippen LogP contribution in [-0.4, -0.2) is 30.4 Å². The highest BCUT2D eigenvalue weighted by atomic mass is 19.1. The molecule has 1 aliphatic carbocycles. The number of carbonyl (C=O) groups excluding carboxylic acids is 1. The van der Waals surface area contributed by atoms with E-state index in [1.54, 1.807) is 18.0 Å². The van der Waals surface area contributed by atoms with Gasteiger partial charge in [-0.25, -0.2) is 4.39 Å². The Balaban J connectivity index is 1.90. The van der Waals surface area contributed by atoms with Gasteiger partial charge in [-0.05, 0) is 37.5 Å². The van der Waals surface area contributed by atoms with E-state index in [0.717, 1.165) is 18.4 Å². The lowest BCUT2D eigenvalue weighted by atomic mass is 10.2. The Morgan fingerprint density at radius 2 is 2.24 bits per heavy atom. The number of nitrogens with one attached hydrogen (secondary N) is 1. The minimum absolute atomic E-state index is 0.00692. The number of amides is 1. The lowest BCUT2D eigenvalue weighted by Gasteiger charge is -2.17. The molecule has 0 radical (unpaired) electrons. The van der Waals surface area contributed by atoms with Crippen molar-refractivity contribution in [3.63, 3.8) is 0 Å². The Labute approximate surface area is 101 Å². The molecule has 0 aromatic heterocycles. The molecule has 1 aromatic rings. The third kappa shape index (κ3) is 2.96. The van der Waals surface area contributed by atoms with E-state index >= 15 is 0 Å². The van der Waals surface area contributed by atoms with Gasteiger partial charge in [-0.2, -0.15) is 0 Å². The number of benzene rings is 1. The molecule has 1 aliphatic rings. The Hall–Kier alpha value is -1.58. The number of likely N-dealkylation sites (N-methyl/N-ethyl adjacent to an activating group) is 1. The zero-order chi connectivity index (χ0) is 12.4. The van der Waals surface area contributed by atoms with Crippen LogP contribution < -0.4 is 5.32 Å². The number of rotatable bonds is 4. The van der Waals surface area contributed by atoms with Crippen molar-refractivity contribution in [1.82, 2.24) is 4.90 Å². The smallest absolute Gasteiger partial charge is 0.241 e. The first-order valence-electron chi connectivity index (χ1n) is 5.83. The van der Waals surface area contributed by atoms with Gasteiger partial charge in [-0.3, -0.25) is 4.79 Å². The lowest BCUT2D eigenvalue weighted by Crippen LogP contribution is -2.33. The second-order valence-corrected chi connectivity index (χ2v) is 4.57. The Morgan fingerprint density at radius 1 is 1.53 bits per heavy atom. The molecule has 0 saturated heterocycles. The molecular formula is C13H17FN2O. The SMILES string of the molecule is Cc1ccc(NCC(=O)N(C)C2CC2)c(F)c1. The van der Waals surface area contributed by atoms with E-state index in [0.29, 0.717) is 11.7 Å². The molecule has 0 unspecified atom stereocenters. The molecule has 0 heterocycles. The van der Waals surface area contributed by atoms with E-state index in [9.17, 15) is 9.18 Å². The molecule has 92 valence electrons. The van der Waals surface area contributed by atoms with Crippen molar-refractivity contribution in [3.05, 3.63) is 29.6 Å². The maximum absolute atomic E-state index is 13.5. The third-order valence-electron chi connectivity index (χ3n) is 3.04. The number of aryl methyl sites for hydroxylation is 1. The van der Waals surface area contributed by atoms with Gasteiger partial charge in [0, 0.05) is 13.1 Å². The van der Waals surface area contributed by atoms with E-state index in [1.165, 1.54) is 6.07 Å². The number of carbonyl (C=O) groups is 1. The van der Waals surface area contributed by atoms with Crippen LogP contribution in [0.15, 0.2) is 18.2 Å². The first kappa shape index (κ1) is 11.9. The summed E-state index contributed by atoms with van der Waals surface area (Å²) >= 11 is 0. The minimum atomic E-state index is -0.313. The van der Waals surface area contributed by atoms with Gasteiger partial charge < -0.3 is 10.2 Å². The fourth-order valence-electron chi connectivity index (χ4n) is 1.72. The maximum atomic E-state index is 13.5. The van der Waals surface area contributed by atoms with Gasteiger partial charge in [0.25, 0.3) is 0 Å². The topological polar surface area (TPSA) is 32.3 Å². The normalized spacial score (nSPS) is 14.5. The Bertz CT molecular complexity index is 429. The van der Waals surface area contributed by atoms with E-state index < -0.39 is 0 Å². The minimum Gasteiger partial charge on any atom is -0.374 e. The van der Waals surface area contributed by atoms with Crippen molar-refractivity contribution in [1.29, 1.82) is 0 Å². The summed E-state index contributed by atoms with van der Waals surface area (Å²) in [4.78, 5) is 13.5. The standard InChI is InChI=1S/C13H17FN2O/c1-9-3-6-12(11(14)7-9)15-8-13(17)16(2)10-4-5-10/h3,6-7,10,15H,4-5,8H2,1-2H3. The zero-order valence-corrected chi connectivity index (χ0v) is 10.2. The fraction of sp³-hybridized carbons (Fsp3) is 0.462. The van der Waals surface area contributed by atoms with Crippen LogP contribution in [0.1, 0.15) is 18.4 Å². The summed E-state index contributed by atoms with van der Waals surface area (Å²) in [6.45, 7) is 1.98. The molecule has 3 nitrogen and oxygen atoms in total. The number of halogens is 1. The second-order valence-electron chi connectivity index (χ2n) is 4.57. The molecule has 17 heavy (non-hydrogen) atoms. The van der Waals surface area contributed by atoms with Gasteiger partial charge in [0.2, 0.25) is 5.91 Å². The summed E-state index contributed by atoms with van der Waals surface area (Å²) in [5.41, 5.74) is 1.25. The number of hydrogen-bond donors (Lipinski definition) is 1. The first-order chi connectivity index (χ1) is 8.08. The maximum Gasteiger partial charge on any atom is 0.241 e. The predicted octanol–water partition coefficient (Wildman–Crippen LogP) is 2.17. The molecule has 2 rings (SSSR count). The molecule has 1 fully saturated rings. The summed E-state index contributed by atoms with van der Waals surface area (Å²) in [5, 5.41) is 2.84. The first-order valence-corrected chi connectivity index (χ1v) is 5.83. The number of nitrogens with zero attached hydrogens (tertiary/aromatic N) is 1. The number of hydrogen-bond acceptors (Lipinski definition) is 2. The van der Waals surface area contributed by atoms with Gasteiger partial charge in [0.05, 0.1) is 12.2 Å². The summed E-state index contributed by atoms with van der Waals surface area (Å²) in [6, 6.07) is 5.33. The van der Waals surface area contributed by atoms with E-state index in [4.69, 9.17) is 0 Å². The highest BCUT2D eigenvalue weighted by molar-refractivity contribution is 5.81. The molecule has 0 spiro atoms. The molecule has 0 bridgehead atoms. The molecule has 1 saturated carbocycles. The van der Waals surface area contributed by atoms with Crippen molar-refractivity contribution in [3.8, 4) is 0 Å². The second kappa shape index (κ2) is 4.73. The van der Waals surface area contributed by atoms with Crippen LogP contribution in [0.5, 0.6) is 0 Å². The number of anilines is 1. The van der Waals surface area contributed by atoms with Crippen LogP contribution in [0.3, 0.4) is 0 Å². The van der Waals surface area contributed by atoms with Crippen LogP contribution in [0, 0.1) is 12.7 Å². The Morgan fingerprint density at radius 3 is 2.82 bits per heavy atom. The molecule has 1 N–H and O–H groups in total. The van der Waals surface area contributed by atoms with Gasteiger partial charge in [-0.1, -0.05) is 6.07 Å². The van der Waals surface area contributed by atoms with Crippen LogP contribution in [0.2, 0.25) is 0 Å². The quantitative estimate of drug-likeness (QED) is 0.869. The fourth-order valence-corrected chi connectivity index (χ4v) is 1.72. The highest BCUT2D eigenvalue weighted by Crippen LogP contribution is 2.25. The van der Waals surface area contributed by atoms with Crippen molar-refractivity contribution < 1.29 is 9.18 Å². The van der Waals surface area contributed by atoms with E-state index in [1.807, 2.05) is 13.0 Å². The third-order valence-corrected chi connectivity index (χ3v) is 3.04. The summed E-state index contributed by atoms with van der Waals surface area (Å²) in [7, 11) is 1.80. The Kier molecular flexibility index (Phi) is 3.31. The summed E-state index contributed by atoms with van der Waals surface area (Å²) in [6.07, 6.45) is 2.17. The van der Waals surface area contributed by atoms with E-state index in [-0.39, 0.29) is 18.3 Å². The molecule has 1 aromatic carbocycles.